The maximum Gasteiger partial charge on any atom is 0.255 e. The minimum atomic E-state index is -3.73. The molecule has 2 aromatic carbocycles. The molecule has 3 aliphatic rings. The van der Waals surface area contributed by atoms with Gasteiger partial charge in [-0.2, -0.15) is 4.31 Å². The quantitative estimate of drug-likeness (QED) is 0.299. The van der Waals surface area contributed by atoms with Crippen LogP contribution in [0.2, 0.25) is 5.02 Å². The third-order valence-electron chi connectivity index (χ3n) is 7.33. The van der Waals surface area contributed by atoms with Gasteiger partial charge < -0.3 is 4.90 Å². The van der Waals surface area contributed by atoms with E-state index in [0.717, 1.165) is 0 Å². The van der Waals surface area contributed by atoms with E-state index >= 15 is 0 Å². The van der Waals surface area contributed by atoms with E-state index in [9.17, 15) is 27.2 Å². The van der Waals surface area contributed by atoms with Crippen molar-refractivity contribution in [2.24, 2.45) is 0 Å². The largest absolute Gasteiger partial charge is 0.322 e. The van der Waals surface area contributed by atoms with Crippen LogP contribution in [0.5, 0.6) is 0 Å². The number of benzene rings is 2. The van der Waals surface area contributed by atoms with Crippen LogP contribution in [0.25, 0.3) is 0 Å². The molecule has 12 heteroatoms. The van der Waals surface area contributed by atoms with Crippen LogP contribution in [0, 0.1) is 5.82 Å². The van der Waals surface area contributed by atoms with Crippen LogP contribution in [0.15, 0.2) is 35.2 Å². The Hall–Kier alpha value is -2.09. The van der Waals surface area contributed by atoms with E-state index in [-0.39, 0.29) is 54.8 Å². The van der Waals surface area contributed by atoms with Crippen molar-refractivity contribution in [1.82, 2.24) is 14.5 Å². The van der Waals surface area contributed by atoms with E-state index < -0.39 is 33.7 Å². The molecule has 0 radical (unpaired) electrons. The number of piperidine rings is 2. The summed E-state index contributed by atoms with van der Waals surface area (Å²) < 4.78 is 43.4. The number of fused-ring (bicyclic) bond motifs is 1. The zero-order chi connectivity index (χ0) is 26.5. The maximum atomic E-state index is 14.6. The highest BCUT2D eigenvalue weighted by molar-refractivity contribution is 14.1. The summed E-state index contributed by atoms with van der Waals surface area (Å²) in [5, 5.41) is 2.75. The fourth-order valence-corrected chi connectivity index (χ4v) is 8.22. The Bertz CT molecular complexity index is 1410. The van der Waals surface area contributed by atoms with Crippen LogP contribution in [-0.2, 0) is 30.6 Å². The van der Waals surface area contributed by atoms with Crippen molar-refractivity contribution in [2.75, 3.05) is 13.1 Å². The smallest absolute Gasteiger partial charge is 0.255 e. The summed E-state index contributed by atoms with van der Waals surface area (Å²) in [7, 11) is -3.73. The number of halogens is 3. The highest BCUT2D eigenvalue weighted by Gasteiger charge is 2.41. The Labute approximate surface area is 232 Å². The van der Waals surface area contributed by atoms with Crippen LogP contribution in [0.4, 0.5) is 4.39 Å². The molecule has 3 aliphatic heterocycles. The number of rotatable bonds is 5. The zero-order valence-electron chi connectivity index (χ0n) is 19.7. The lowest BCUT2D eigenvalue weighted by molar-refractivity contribution is -0.136. The van der Waals surface area contributed by atoms with E-state index in [4.69, 9.17) is 11.6 Å². The molecule has 0 spiro atoms. The van der Waals surface area contributed by atoms with Gasteiger partial charge in [-0.1, -0.05) is 34.2 Å². The van der Waals surface area contributed by atoms with E-state index in [1.165, 1.54) is 27.4 Å². The van der Waals surface area contributed by atoms with Gasteiger partial charge in [-0.15, -0.1) is 0 Å². The molecule has 1 N–H and O–H groups in total. The highest BCUT2D eigenvalue weighted by atomic mass is 127. The molecule has 1 atom stereocenters. The number of imide groups is 1. The van der Waals surface area contributed by atoms with Crippen molar-refractivity contribution in [3.05, 3.63) is 63.4 Å². The average molecular weight is 660 g/mol. The molecule has 0 aliphatic carbocycles. The van der Waals surface area contributed by atoms with Crippen molar-refractivity contribution >= 4 is 61.9 Å². The fourth-order valence-electron chi connectivity index (χ4n) is 5.47. The summed E-state index contributed by atoms with van der Waals surface area (Å²) in [6.45, 7) is 0.664. The van der Waals surface area contributed by atoms with Gasteiger partial charge in [0, 0.05) is 41.1 Å². The van der Waals surface area contributed by atoms with E-state index in [1.807, 2.05) is 0 Å². The molecule has 0 saturated carbocycles. The lowest BCUT2D eigenvalue weighted by Gasteiger charge is -2.33. The SMILES string of the molecule is O=C1CCC(N2Cc3c(cc(F)cc3C3CCN(S(=O)(=O)c4ccc(Cl)cc4CI)CC3)C2=O)C(=O)N1. The van der Waals surface area contributed by atoms with Gasteiger partial charge in [-0.25, -0.2) is 12.8 Å². The number of carbonyl (C=O) groups is 3. The van der Waals surface area contributed by atoms with Gasteiger partial charge in [-0.3, -0.25) is 19.7 Å². The standard InChI is InChI=1S/C25H24ClFIN3O5S/c26-16-1-3-22(15(9-16)12-28)37(35,36)30-7-5-14(6-8-30)18-10-17(27)11-19-20(18)13-31(25(19)34)21-2-4-23(32)29-24(21)33/h1,3,9-11,14,21H,2,4-8,12-13H2,(H,29,32,33). The van der Waals surface area contributed by atoms with Crippen molar-refractivity contribution in [3.63, 3.8) is 0 Å². The monoisotopic (exact) mass is 659 g/mol. The van der Waals surface area contributed by atoms with Gasteiger partial charge in [0.05, 0.1) is 4.90 Å². The first kappa shape index (κ1) is 26.5. The van der Waals surface area contributed by atoms with Crippen molar-refractivity contribution < 1.29 is 27.2 Å². The van der Waals surface area contributed by atoms with E-state index in [1.54, 1.807) is 12.1 Å². The Balaban J connectivity index is 1.36. The second-order valence-corrected chi connectivity index (χ2v) is 12.6. The predicted molar refractivity (Wildman–Crippen MR) is 142 cm³/mol. The molecule has 0 aromatic heterocycles. The highest BCUT2D eigenvalue weighted by Crippen LogP contribution is 2.39. The summed E-state index contributed by atoms with van der Waals surface area (Å²) in [6, 6.07) is 6.59. The summed E-state index contributed by atoms with van der Waals surface area (Å²) in [5.41, 5.74) is 2.21. The second-order valence-electron chi connectivity index (χ2n) is 9.49. The fraction of sp³-hybridized carbons (Fsp3) is 0.400. The van der Waals surface area contributed by atoms with Crippen LogP contribution in [0.3, 0.4) is 0 Å². The van der Waals surface area contributed by atoms with Crippen LogP contribution in [0.1, 0.15) is 58.6 Å². The number of sulfonamides is 1. The van der Waals surface area contributed by atoms with E-state index in [0.29, 0.717) is 39.0 Å². The molecule has 2 fully saturated rings. The molecule has 3 heterocycles. The molecular weight excluding hydrogens is 636 g/mol. The number of nitrogens with one attached hydrogen (secondary N) is 1. The summed E-state index contributed by atoms with van der Waals surface area (Å²) in [4.78, 5) is 38.7. The predicted octanol–water partition coefficient (Wildman–Crippen LogP) is 3.74. The molecule has 2 aromatic rings. The first-order valence-corrected chi connectivity index (χ1v) is 15.3. The van der Waals surface area contributed by atoms with Gasteiger partial charge in [0.15, 0.2) is 0 Å². The number of alkyl halides is 1. The molecule has 1 unspecified atom stereocenters. The average Bonchev–Trinajstić information content (AvgIpc) is 3.19. The molecular formula is C25H24ClFIN3O5S. The van der Waals surface area contributed by atoms with E-state index in [2.05, 4.69) is 27.9 Å². The molecule has 5 rings (SSSR count). The van der Waals surface area contributed by atoms with Crippen LogP contribution >= 0.6 is 34.2 Å². The lowest BCUT2D eigenvalue weighted by atomic mass is 9.86. The summed E-state index contributed by atoms with van der Waals surface area (Å²) in [6.07, 6.45) is 1.30. The van der Waals surface area contributed by atoms with Crippen LogP contribution in [-0.4, -0.2) is 54.5 Å². The second kappa shape index (κ2) is 10.2. The maximum absolute atomic E-state index is 14.6. The molecule has 0 bridgehead atoms. The number of hydrogen-bond acceptors (Lipinski definition) is 5. The van der Waals surface area contributed by atoms with Crippen LogP contribution < -0.4 is 5.32 Å². The Morgan fingerprint density at radius 2 is 1.81 bits per heavy atom. The third kappa shape index (κ3) is 4.90. The number of nitrogens with zero attached hydrogens (tertiary/aromatic N) is 2. The Morgan fingerprint density at radius 1 is 1.08 bits per heavy atom. The molecule has 2 saturated heterocycles. The first-order valence-electron chi connectivity index (χ1n) is 11.9. The Kier molecular flexibility index (Phi) is 7.33. The number of hydrogen-bond donors (Lipinski definition) is 1. The molecule has 8 nitrogen and oxygen atoms in total. The number of amides is 3. The Morgan fingerprint density at radius 3 is 2.49 bits per heavy atom. The topological polar surface area (TPSA) is 104 Å². The van der Waals surface area contributed by atoms with Gasteiger partial charge in [-0.05, 0) is 72.2 Å². The molecule has 196 valence electrons. The van der Waals surface area contributed by atoms with Gasteiger partial charge in [0.2, 0.25) is 21.8 Å². The normalized spacial score (nSPS) is 21.3. The summed E-state index contributed by atoms with van der Waals surface area (Å²) in [5.74, 6) is -2.01. The van der Waals surface area contributed by atoms with Crippen molar-refractivity contribution in [3.8, 4) is 0 Å². The minimum Gasteiger partial charge on any atom is -0.322 e. The summed E-state index contributed by atoms with van der Waals surface area (Å²) >= 11 is 8.16. The van der Waals surface area contributed by atoms with Gasteiger partial charge in [0.25, 0.3) is 5.91 Å². The van der Waals surface area contributed by atoms with Gasteiger partial charge >= 0.3 is 0 Å². The first-order chi connectivity index (χ1) is 17.6. The zero-order valence-corrected chi connectivity index (χ0v) is 23.4. The molecule has 37 heavy (non-hydrogen) atoms. The van der Waals surface area contributed by atoms with Crippen molar-refractivity contribution in [2.45, 2.75) is 53.5 Å². The number of carbonyl (C=O) groups excluding carboxylic acids is 3. The molecule has 3 amide bonds. The van der Waals surface area contributed by atoms with Crippen molar-refractivity contribution in [1.29, 1.82) is 0 Å². The third-order valence-corrected chi connectivity index (χ3v) is 10.4. The lowest BCUT2D eigenvalue weighted by Crippen LogP contribution is -2.52. The van der Waals surface area contributed by atoms with Gasteiger partial charge in [0.1, 0.15) is 11.9 Å². The minimum absolute atomic E-state index is 0.136.